The van der Waals surface area contributed by atoms with Crippen molar-refractivity contribution in [1.82, 2.24) is 14.5 Å². The quantitative estimate of drug-likeness (QED) is 0.583. The van der Waals surface area contributed by atoms with Gasteiger partial charge in [-0.3, -0.25) is 9.69 Å². The van der Waals surface area contributed by atoms with Crippen molar-refractivity contribution in [2.24, 2.45) is 0 Å². The Morgan fingerprint density at radius 1 is 1.09 bits per heavy atom. The fourth-order valence-corrected chi connectivity index (χ4v) is 6.09. The van der Waals surface area contributed by atoms with Gasteiger partial charge in [0.05, 0.1) is 21.5 Å². The van der Waals surface area contributed by atoms with Gasteiger partial charge in [-0.1, -0.05) is 55.8 Å². The normalized spacial score (nSPS) is 16.8. The minimum Gasteiger partial charge on any atom is -0.348 e. The number of hydrogen-bond acceptors (Lipinski definition) is 4. The molecular weight excluding hydrogens is 446 g/mol. The van der Waals surface area contributed by atoms with E-state index >= 15 is 0 Å². The van der Waals surface area contributed by atoms with Crippen LogP contribution in [0.3, 0.4) is 0 Å². The number of hydrogen-bond donors (Lipinski definition) is 1. The van der Waals surface area contributed by atoms with Gasteiger partial charge in [-0.25, -0.2) is 8.42 Å². The molecule has 0 aliphatic carbocycles. The average Bonchev–Trinajstić information content (AvgIpc) is 3.29. The molecule has 2 aromatic rings. The Kier molecular flexibility index (Phi) is 8.33. The highest BCUT2D eigenvalue weighted by molar-refractivity contribution is 7.89. The van der Waals surface area contributed by atoms with Crippen LogP contribution in [0.25, 0.3) is 0 Å². The van der Waals surface area contributed by atoms with Crippen molar-refractivity contribution in [3.63, 3.8) is 0 Å². The molecule has 1 heterocycles. The van der Waals surface area contributed by atoms with Crippen molar-refractivity contribution in [2.45, 2.75) is 50.6 Å². The zero-order valence-electron chi connectivity index (χ0n) is 18.9. The van der Waals surface area contributed by atoms with Crippen LogP contribution in [0.15, 0.2) is 53.4 Å². The molecule has 1 amide bonds. The van der Waals surface area contributed by atoms with Gasteiger partial charge in [0.1, 0.15) is 0 Å². The summed E-state index contributed by atoms with van der Waals surface area (Å²) in [5.74, 6) is -0.376. The van der Waals surface area contributed by atoms with Crippen molar-refractivity contribution in [2.75, 3.05) is 26.2 Å². The lowest BCUT2D eigenvalue weighted by Crippen LogP contribution is -2.44. The Hall–Kier alpha value is -1.93. The number of nitrogens with one attached hydrogen (secondary N) is 1. The standard InChI is InChI=1S/C24H32ClN3O3S/c1-4-28(5-2)32(30,31)20-13-14-22(25)21(17-20)24(29)26-18(3)23(27-15-9-10-16-27)19-11-7-6-8-12-19/h6-8,11-14,17-18,23H,4-5,9-10,15-16H2,1-3H3,(H,26,29)/t18-,23-/m1/s1. The van der Waals surface area contributed by atoms with Crippen molar-refractivity contribution in [3.05, 3.63) is 64.7 Å². The number of likely N-dealkylation sites (tertiary alicyclic amines) is 1. The Morgan fingerprint density at radius 2 is 1.72 bits per heavy atom. The predicted molar refractivity (Wildman–Crippen MR) is 128 cm³/mol. The SMILES string of the molecule is CCN(CC)S(=O)(=O)c1ccc(Cl)c(C(=O)N[C@H](C)[C@H](c2ccccc2)N2CCCC2)c1. The van der Waals surface area contributed by atoms with Crippen LogP contribution >= 0.6 is 11.6 Å². The van der Waals surface area contributed by atoms with Crippen LogP contribution in [0.2, 0.25) is 5.02 Å². The van der Waals surface area contributed by atoms with Gasteiger partial charge in [-0.05, 0) is 56.6 Å². The second-order valence-electron chi connectivity index (χ2n) is 8.09. The average molecular weight is 478 g/mol. The largest absolute Gasteiger partial charge is 0.348 e. The van der Waals surface area contributed by atoms with Gasteiger partial charge in [0.25, 0.3) is 5.91 Å². The van der Waals surface area contributed by atoms with E-state index in [1.807, 2.05) is 25.1 Å². The highest BCUT2D eigenvalue weighted by Crippen LogP contribution is 2.29. The van der Waals surface area contributed by atoms with Crippen LogP contribution in [0.4, 0.5) is 0 Å². The topological polar surface area (TPSA) is 69.7 Å². The second kappa shape index (κ2) is 10.8. The highest BCUT2D eigenvalue weighted by Gasteiger charge is 2.30. The fourth-order valence-electron chi connectivity index (χ4n) is 4.40. The number of sulfonamides is 1. The van der Waals surface area contributed by atoms with E-state index in [0.717, 1.165) is 31.5 Å². The number of rotatable bonds is 9. The van der Waals surface area contributed by atoms with Gasteiger partial charge in [-0.2, -0.15) is 4.31 Å². The lowest BCUT2D eigenvalue weighted by molar-refractivity contribution is 0.0906. The Balaban J connectivity index is 1.87. The van der Waals surface area contributed by atoms with Gasteiger partial charge in [0.2, 0.25) is 10.0 Å². The monoisotopic (exact) mass is 477 g/mol. The minimum atomic E-state index is -3.69. The maximum atomic E-state index is 13.2. The van der Waals surface area contributed by atoms with Crippen molar-refractivity contribution in [3.8, 4) is 0 Å². The molecule has 3 rings (SSSR count). The summed E-state index contributed by atoms with van der Waals surface area (Å²) in [6.07, 6.45) is 2.28. The molecule has 0 spiro atoms. The van der Waals surface area contributed by atoms with Crippen molar-refractivity contribution < 1.29 is 13.2 Å². The first-order valence-corrected chi connectivity index (χ1v) is 13.0. The third-order valence-corrected chi connectivity index (χ3v) is 8.41. The number of carbonyl (C=O) groups is 1. The maximum absolute atomic E-state index is 13.2. The molecule has 1 fully saturated rings. The van der Waals surface area contributed by atoms with E-state index in [-0.39, 0.29) is 33.5 Å². The minimum absolute atomic E-state index is 0.0315. The molecule has 0 unspecified atom stereocenters. The van der Waals surface area contributed by atoms with Crippen LogP contribution in [0, 0.1) is 0 Å². The van der Waals surface area contributed by atoms with E-state index < -0.39 is 10.0 Å². The Bertz CT molecular complexity index is 1020. The summed E-state index contributed by atoms with van der Waals surface area (Å²) in [6.45, 7) is 8.24. The number of halogens is 1. The molecule has 2 atom stereocenters. The van der Waals surface area contributed by atoms with E-state index in [0.29, 0.717) is 13.1 Å². The summed E-state index contributed by atoms with van der Waals surface area (Å²) in [4.78, 5) is 15.7. The maximum Gasteiger partial charge on any atom is 0.253 e. The summed E-state index contributed by atoms with van der Waals surface area (Å²) >= 11 is 6.32. The zero-order chi connectivity index (χ0) is 23.3. The molecule has 174 valence electrons. The predicted octanol–water partition coefficient (Wildman–Crippen LogP) is 4.33. The summed E-state index contributed by atoms with van der Waals surface area (Å²) in [5.41, 5.74) is 1.31. The third-order valence-electron chi connectivity index (χ3n) is 6.03. The summed E-state index contributed by atoms with van der Waals surface area (Å²) in [5, 5.41) is 3.30. The van der Waals surface area contributed by atoms with Crippen molar-refractivity contribution >= 4 is 27.5 Å². The highest BCUT2D eigenvalue weighted by atomic mass is 35.5. The number of benzene rings is 2. The first kappa shape index (κ1) is 24.7. The fraction of sp³-hybridized carbons (Fsp3) is 0.458. The smallest absolute Gasteiger partial charge is 0.253 e. The molecule has 2 aromatic carbocycles. The van der Waals surface area contributed by atoms with Crippen LogP contribution in [-0.4, -0.2) is 55.8 Å². The second-order valence-corrected chi connectivity index (χ2v) is 10.4. The molecule has 0 saturated carbocycles. The van der Waals surface area contributed by atoms with E-state index in [9.17, 15) is 13.2 Å². The molecule has 1 aliphatic rings. The zero-order valence-corrected chi connectivity index (χ0v) is 20.5. The molecule has 8 heteroatoms. The third kappa shape index (κ3) is 5.34. The molecule has 1 aliphatic heterocycles. The number of amides is 1. The van der Waals surface area contributed by atoms with Gasteiger partial charge in [0.15, 0.2) is 0 Å². The molecule has 1 saturated heterocycles. The van der Waals surface area contributed by atoms with Crippen LogP contribution < -0.4 is 5.32 Å². The Labute approximate surface area is 196 Å². The summed E-state index contributed by atoms with van der Waals surface area (Å²) < 4.78 is 27.2. The number of carbonyl (C=O) groups excluding carboxylic acids is 1. The van der Waals surface area contributed by atoms with Gasteiger partial charge < -0.3 is 5.32 Å². The molecule has 32 heavy (non-hydrogen) atoms. The summed E-state index contributed by atoms with van der Waals surface area (Å²) in [6, 6.07) is 14.3. The molecule has 6 nitrogen and oxygen atoms in total. The molecule has 0 radical (unpaired) electrons. The molecular formula is C24H32ClN3O3S. The number of nitrogens with zero attached hydrogens (tertiary/aromatic N) is 2. The van der Waals surface area contributed by atoms with Crippen LogP contribution in [-0.2, 0) is 10.0 Å². The van der Waals surface area contributed by atoms with Gasteiger partial charge >= 0.3 is 0 Å². The van der Waals surface area contributed by atoms with E-state index in [1.165, 1.54) is 22.5 Å². The van der Waals surface area contributed by atoms with Crippen molar-refractivity contribution in [1.29, 1.82) is 0 Å². The first-order valence-electron chi connectivity index (χ1n) is 11.2. The first-order chi connectivity index (χ1) is 15.3. The molecule has 0 bridgehead atoms. The van der Waals surface area contributed by atoms with Gasteiger partial charge in [0, 0.05) is 19.1 Å². The van der Waals surface area contributed by atoms with E-state index in [4.69, 9.17) is 11.6 Å². The van der Waals surface area contributed by atoms with E-state index in [2.05, 4.69) is 22.3 Å². The van der Waals surface area contributed by atoms with Gasteiger partial charge in [-0.15, -0.1) is 0 Å². The van der Waals surface area contributed by atoms with E-state index in [1.54, 1.807) is 13.8 Å². The molecule has 1 N–H and O–H groups in total. The summed E-state index contributed by atoms with van der Waals surface area (Å²) in [7, 11) is -3.69. The van der Waals surface area contributed by atoms with Crippen LogP contribution in [0.5, 0.6) is 0 Å². The lowest BCUT2D eigenvalue weighted by atomic mass is 9.98. The lowest BCUT2D eigenvalue weighted by Gasteiger charge is -2.33. The Morgan fingerprint density at radius 3 is 2.31 bits per heavy atom. The van der Waals surface area contributed by atoms with Crippen LogP contribution in [0.1, 0.15) is 55.6 Å². The molecule has 0 aromatic heterocycles.